The van der Waals surface area contributed by atoms with Crippen molar-refractivity contribution in [1.29, 1.82) is 0 Å². The number of ether oxygens (including phenoxy) is 1. The molecule has 3 aromatic rings. The summed E-state index contributed by atoms with van der Waals surface area (Å²) in [6, 6.07) is 11.3. The van der Waals surface area contributed by atoms with Gasteiger partial charge in [-0.1, -0.05) is 41.9 Å². The Hall–Kier alpha value is -3.39. The number of aromatic amines is 1. The second-order valence-electron chi connectivity index (χ2n) is 7.49. The maximum atomic E-state index is 14.8. The topological polar surface area (TPSA) is 87.3 Å². The third kappa shape index (κ3) is 4.45. The van der Waals surface area contributed by atoms with Gasteiger partial charge >= 0.3 is 12.0 Å². The zero-order valence-corrected chi connectivity index (χ0v) is 18.1. The molecule has 1 aromatic heterocycles. The van der Waals surface area contributed by atoms with E-state index in [0.29, 0.717) is 23.7 Å². The number of hydrogen-bond donors (Lipinski definition) is 2. The molecular weight excluding hydrogens is 435 g/mol. The Morgan fingerprint density at radius 2 is 2.09 bits per heavy atom. The van der Waals surface area contributed by atoms with Crippen molar-refractivity contribution in [2.75, 3.05) is 13.7 Å². The molecule has 0 saturated heterocycles. The lowest BCUT2D eigenvalue weighted by Gasteiger charge is -2.36. The molecule has 0 radical (unpaired) electrons. The van der Waals surface area contributed by atoms with Crippen molar-refractivity contribution >= 4 is 23.6 Å². The number of H-pyrrole nitrogens is 1. The van der Waals surface area contributed by atoms with Crippen molar-refractivity contribution in [3.05, 3.63) is 88.2 Å². The fourth-order valence-corrected chi connectivity index (χ4v) is 4.13. The van der Waals surface area contributed by atoms with Crippen LogP contribution >= 0.6 is 11.6 Å². The molecule has 0 fully saturated rings. The summed E-state index contributed by atoms with van der Waals surface area (Å²) < 4.78 is 19.7. The van der Waals surface area contributed by atoms with Gasteiger partial charge in [0.2, 0.25) is 0 Å². The van der Waals surface area contributed by atoms with Crippen LogP contribution in [0.15, 0.2) is 54.9 Å². The van der Waals surface area contributed by atoms with E-state index < -0.39 is 29.9 Å². The zero-order chi connectivity index (χ0) is 22.7. The van der Waals surface area contributed by atoms with Gasteiger partial charge in [0.15, 0.2) is 0 Å². The number of carbonyl (C=O) groups excluding carboxylic acids is 2. The first kappa shape index (κ1) is 21.8. The number of carbonyl (C=O) groups is 2. The summed E-state index contributed by atoms with van der Waals surface area (Å²) in [6.07, 6.45) is 2.30. The quantitative estimate of drug-likeness (QED) is 0.574. The second kappa shape index (κ2) is 9.40. The first-order chi connectivity index (χ1) is 15.5. The Morgan fingerprint density at radius 3 is 2.84 bits per heavy atom. The van der Waals surface area contributed by atoms with E-state index in [4.69, 9.17) is 16.3 Å². The molecule has 0 unspecified atom stereocenters. The molecule has 1 aliphatic heterocycles. The molecule has 2 N–H and O–H groups in total. The number of nitrogens with one attached hydrogen (secondary N) is 2. The Labute approximate surface area is 189 Å². The van der Waals surface area contributed by atoms with Crippen molar-refractivity contribution in [2.45, 2.75) is 24.9 Å². The largest absolute Gasteiger partial charge is 0.467 e. The summed E-state index contributed by atoms with van der Waals surface area (Å²) in [5.74, 6) is -1.06. The monoisotopic (exact) mass is 456 g/mol. The van der Waals surface area contributed by atoms with Crippen LogP contribution in [0.25, 0.3) is 0 Å². The molecular formula is C23H22ClFN4O3. The highest BCUT2D eigenvalue weighted by Gasteiger charge is 2.37. The van der Waals surface area contributed by atoms with Crippen LogP contribution in [0, 0.1) is 5.82 Å². The molecule has 2 aromatic carbocycles. The maximum absolute atomic E-state index is 14.8. The van der Waals surface area contributed by atoms with E-state index >= 15 is 0 Å². The first-order valence-corrected chi connectivity index (χ1v) is 10.5. The van der Waals surface area contributed by atoms with Gasteiger partial charge in [0, 0.05) is 35.7 Å². The summed E-state index contributed by atoms with van der Waals surface area (Å²) in [4.78, 5) is 34.6. The molecule has 32 heavy (non-hydrogen) atoms. The van der Waals surface area contributed by atoms with Crippen molar-refractivity contribution in [1.82, 2.24) is 20.2 Å². The molecule has 0 bridgehead atoms. The van der Waals surface area contributed by atoms with Crippen LogP contribution in [-0.4, -0.2) is 46.6 Å². The molecule has 166 valence electrons. The first-order valence-electron chi connectivity index (χ1n) is 10.1. The van der Waals surface area contributed by atoms with E-state index in [2.05, 4.69) is 15.3 Å². The number of fused-ring (bicyclic) bond motifs is 1. The van der Waals surface area contributed by atoms with Gasteiger partial charge in [-0.3, -0.25) is 0 Å². The molecule has 0 spiro atoms. The second-order valence-corrected chi connectivity index (χ2v) is 7.93. The van der Waals surface area contributed by atoms with Gasteiger partial charge in [-0.15, -0.1) is 0 Å². The summed E-state index contributed by atoms with van der Waals surface area (Å²) >= 11 is 6.12. The van der Waals surface area contributed by atoms with Gasteiger partial charge in [-0.2, -0.15) is 0 Å². The lowest BCUT2D eigenvalue weighted by molar-refractivity contribution is -0.142. The third-order valence-electron chi connectivity index (χ3n) is 5.50. The normalized spacial score (nSPS) is 16.2. The van der Waals surface area contributed by atoms with Crippen molar-refractivity contribution < 1.29 is 18.7 Å². The maximum Gasteiger partial charge on any atom is 0.328 e. The van der Waals surface area contributed by atoms with Crippen LogP contribution in [0.2, 0.25) is 5.02 Å². The van der Waals surface area contributed by atoms with E-state index in [1.54, 1.807) is 0 Å². The van der Waals surface area contributed by atoms with Gasteiger partial charge in [0.1, 0.15) is 17.9 Å². The minimum Gasteiger partial charge on any atom is -0.467 e. The number of imidazole rings is 1. The van der Waals surface area contributed by atoms with Crippen LogP contribution in [0.5, 0.6) is 0 Å². The van der Waals surface area contributed by atoms with Crippen LogP contribution < -0.4 is 5.32 Å². The third-order valence-corrected chi connectivity index (χ3v) is 5.74. The number of rotatable bonds is 5. The number of methoxy groups -OCH3 is 1. The van der Waals surface area contributed by atoms with E-state index in [1.807, 2.05) is 30.3 Å². The van der Waals surface area contributed by atoms with Crippen molar-refractivity contribution in [3.8, 4) is 0 Å². The molecule has 7 nitrogen and oxygen atoms in total. The average Bonchev–Trinajstić information content (AvgIpc) is 3.28. The Kier molecular flexibility index (Phi) is 6.41. The number of urea groups is 1. The minimum atomic E-state index is -0.902. The molecule has 4 rings (SSSR count). The molecule has 2 atom stereocenters. The highest BCUT2D eigenvalue weighted by atomic mass is 35.5. The predicted octanol–water partition coefficient (Wildman–Crippen LogP) is 3.64. The fourth-order valence-electron chi connectivity index (χ4n) is 3.95. The number of amides is 2. The molecule has 0 aliphatic carbocycles. The SMILES string of the molecule is COC(=O)[C@H](Cc1ccccc1)NC(=O)N1CCc2[nH]cnc2[C@@H]1c1cc(Cl)ccc1F. The van der Waals surface area contributed by atoms with E-state index in [9.17, 15) is 14.0 Å². The molecule has 1 aliphatic rings. The van der Waals surface area contributed by atoms with Gasteiger partial charge in [0.25, 0.3) is 0 Å². The van der Waals surface area contributed by atoms with Crippen molar-refractivity contribution in [3.63, 3.8) is 0 Å². The van der Waals surface area contributed by atoms with Gasteiger partial charge in [-0.25, -0.2) is 19.0 Å². The zero-order valence-electron chi connectivity index (χ0n) is 17.3. The van der Waals surface area contributed by atoms with Gasteiger partial charge < -0.3 is 19.9 Å². The lowest BCUT2D eigenvalue weighted by atomic mass is 9.95. The lowest BCUT2D eigenvalue weighted by Crippen LogP contribution is -2.52. The van der Waals surface area contributed by atoms with Crippen LogP contribution in [0.4, 0.5) is 9.18 Å². The van der Waals surface area contributed by atoms with Crippen LogP contribution in [0.1, 0.15) is 28.6 Å². The Morgan fingerprint density at radius 1 is 1.31 bits per heavy atom. The number of aromatic nitrogens is 2. The highest BCUT2D eigenvalue weighted by molar-refractivity contribution is 6.30. The molecule has 9 heteroatoms. The van der Waals surface area contributed by atoms with E-state index in [0.717, 1.165) is 11.3 Å². The van der Waals surface area contributed by atoms with E-state index in [1.165, 1.54) is 36.5 Å². The molecule has 0 saturated carbocycles. The smallest absolute Gasteiger partial charge is 0.328 e. The summed E-state index contributed by atoms with van der Waals surface area (Å²) in [5, 5.41) is 3.11. The standard InChI is InChI=1S/C23H22ClFN4O3/c1-32-22(30)19(11-14-5-3-2-4-6-14)28-23(31)29-10-9-18-20(27-13-26-18)21(29)16-12-15(24)7-8-17(16)25/h2-8,12-13,19,21H,9-11H2,1H3,(H,26,27)(H,28,31)/t19-,21-/m0/s1. The number of benzene rings is 2. The summed E-state index contributed by atoms with van der Waals surface area (Å²) in [6.45, 7) is 0.302. The highest BCUT2D eigenvalue weighted by Crippen LogP contribution is 2.35. The minimum absolute atomic E-state index is 0.235. The number of halogens is 2. The summed E-state index contributed by atoms with van der Waals surface area (Å²) in [5.41, 5.74) is 2.48. The van der Waals surface area contributed by atoms with Gasteiger partial charge in [0.05, 0.1) is 19.1 Å². The predicted molar refractivity (Wildman–Crippen MR) is 117 cm³/mol. The van der Waals surface area contributed by atoms with Crippen LogP contribution in [-0.2, 0) is 22.4 Å². The Balaban J connectivity index is 1.64. The molecule has 2 amide bonds. The number of esters is 1. The molecule has 2 heterocycles. The van der Waals surface area contributed by atoms with E-state index in [-0.39, 0.29) is 12.0 Å². The van der Waals surface area contributed by atoms with Crippen LogP contribution in [0.3, 0.4) is 0 Å². The Bertz CT molecular complexity index is 1120. The fraction of sp³-hybridized carbons (Fsp3) is 0.261. The summed E-state index contributed by atoms with van der Waals surface area (Å²) in [7, 11) is 1.27. The van der Waals surface area contributed by atoms with Crippen molar-refractivity contribution in [2.24, 2.45) is 0 Å². The average molecular weight is 457 g/mol. The number of nitrogens with zero attached hydrogens (tertiary/aromatic N) is 2. The van der Waals surface area contributed by atoms with Gasteiger partial charge in [-0.05, 0) is 23.8 Å². The number of hydrogen-bond acceptors (Lipinski definition) is 4.